The molecule has 4 rings (SSSR count). The summed E-state index contributed by atoms with van der Waals surface area (Å²) in [5, 5.41) is 8.32. The number of quaternary nitrogens is 1. The van der Waals surface area contributed by atoms with Gasteiger partial charge in [0.05, 0.1) is 36.5 Å². The molecular weight excluding hydrogens is 419 g/mol. The first-order valence-electron chi connectivity index (χ1n) is 9.63. The van der Waals surface area contributed by atoms with Crippen LogP contribution in [-0.2, 0) is 10.9 Å². The maximum Gasteiger partial charge on any atom is 0.433 e. The van der Waals surface area contributed by atoms with Gasteiger partial charge in [0.15, 0.2) is 11.3 Å². The number of rotatable bonds is 6. The summed E-state index contributed by atoms with van der Waals surface area (Å²) in [6, 6.07) is 4.38. The minimum atomic E-state index is -4.63. The van der Waals surface area contributed by atoms with Crippen LogP contribution in [-0.4, -0.2) is 59.9 Å². The van der Waals surface area contributed by atoms with E-state index >= 15 is 0 Å². The Morgan fingerprint density at radius 3 is 2.83 bits per heavy atom. The fourth-order valence-corrected chi connectivity index (χ4v) is 4.11. The van der Waals surface area contributed by atoms with Gasteiger partial charge in [0.1, 0.15) is 18.7 Å². The molecule has 0 saturated carbocycles. The highest BCUT2D eigenvalue weighted by Gasteiger charge is 2.36. The molecule has 4 heterocycles. The number of ether oxygens (including phenoxy) is 1. The average Bonchev–Trinajstić information content (AvgIpc) is 3.40. The molecule has 0 aromatic carbocycles. The van der Waals surface area contributed by atoms with E-state index in [4.69, 9.17) is 4.74 Å². The third-order valence-electron chi connectivity index (χ3n) is 4.97. The van der Waals surface area contributed by atoms with Crippen molar-refractivity contribution in [3.63, 3.8) is 0 Å². The largest absolute Gasteiger partial charge is 0.433 e. The van der Waals surface area contributed by atoms with Gasteiger partial charge in [-0.05, 0) is 17.5 Å². The lowest BCUT2D eigenvalue weighted by Crippen LogP contribution is -3.14. The first-order valence-corrected chi connectivity index (χ1v) is 10.5. The Balaban J connectivity index is 1.53. The van der Waals surface area contributed by atoms with E-state index in [1.807, 2.05) is 0 Å². The minimum absolute atomic E-state index is 0.0256. The molecule has 7 nitrogen and oxygen atoms in total. The van der Waals surface area contributed by atoms with Crippen molar-refractivity contribution >= 4 is 22.9 Å². The predicted molar refractivity (Wildman–Crippen MR) is 105 cm³/mol. The van der Waals surface area contributed by atoms with Crippen LogP contribution in [0.5, 0.6) is 0 Å². The fraction of sp³-hybridized carbons (Fsp3) is 0.421. The number of nitrogens with zero attached hydrogens (tertiary/aromatic N) is 3. The smallest absolute Gasteiger partial charge is 0.370 e. The Morgan fingerprint density at radius 2 is 2.13 bits per heavy atom. The minimum Gasteiger partial charge on any atom is -0.370 e. The lowest BCUT2D eigenvalue weighted by Gasteiger charge is -2.23. The van der Waals surface area contributed by atoms with E-state index in [0.29, 0.717) is 15.9 Å². The molecule has 3 aromatic heterocycles. The Morgan fingerprint density at radius 1 is 1.33 bits per heavy atom. The molecule has 160 valence electrons. The van der Waals surface area contributed by atoms with E-state index in [9.17, 15) is 18.0 Å². The van der Waals surface area contributed by atoms with Crippen LogP contribution in [0.2, 0.25) is 0 Å². The molecule has 0 aliphatic carbocycles. The first kappa shape index (κ1) is 20.8. The molecular formula is C19H21F3N5O2S+. The van der Waals surface area contributed by atoms with Gasteiger partial charge >= 0.3 is 6.18 Å². The third-order valence-corrected chi connectivity index (χ3v) is 5.87. The molecule has 0 radical (unpaired) electrons. The number of morpholine rings is 1. The molecule has 11 heteroatoms. The van der Waals surface area contributed by atoms with Crippen molar-refractivity contribution in [2.45, 2.75) is 12.6 Å². The number of thiophene rings is 1. The van der Waals surface area contributed by atoms with Crippen molar-refractivity contribution in [1.29, 1.82) is 0 Å². The lowest BCUT2D eigenvalue weighted by molar-refractivity contribution is -0.908. The van der Waals surface area contributed by atoms with Crippen molar-refractivity contribution < 1.29 is 27.6 Å². The Kier molecular flexibility index (Phi) is 6.02. The Hall–Kier alpha value is -2.50. The number of nitrogens with one attached hydrogen (secondary N) is 2. The van der Waals surface area contributed by atoms with E-state index in [-0.39, 0.29) is 16.9 Å². The summed E-state index contributed by atoms with van der Waals surface area (Å²) < 4.78 is 46.7. The first-order chi connectivity index (χ1) is 14.4. The second-order valence-electron chi connectivity index (χ2n) is 7.02. The summed E-state index contributed by atoms with van der Waals surface area (Å²) >= 11 is 1.28. The van der Waals surface area contributed by atoms with Crippen molar-refractivity contribution in [2.75, 3.05) is 39.4 Å². The molecule has 0 atom stereocenters. The van der Waals surface area contributed by atoms with Crippen LogP contribution in [0.25, 0.3) is 16.2 Å². The summed E-state index contributed by atoms with van der Waals surface area (Å²) in [5.74, 6) is -0.481. The van der Waals surface area contributed by atoms with Crippen molar-refractivity contribution in [1.82, 2.24) is 19.9 Å². The molecule has 0 spiro atoms. The highest BCUT2D eigenvalue weighted by Crippen LogP contribution is 2.33. The highest BCUT2D eigenvalue weighted by molar-refractivity contribution is 7.13. The van der Waals surface area contributed by atoms with E-state index in [1.54, 1.807) is 17.5 Å². The highest BCUT2D eigenvalue weighted by atomic mass is 32.1. The Bertz CT molecular complexity index is 1010. The summed E-state index contributed by atoms with van der Waals surface area (Å²) in [6.45, 7) is 4.69. The number of aromatic nitrogens is 3. The van der Waals surface area contributed by atoms with Crippen molar-refractivity contribution in [3.8, 4) is 10.6 Å². The van der Waals surface area contributed by atoms with Crippen LogP contribution in [0.4, 0.5) is 13.2 Å². The maximum absolute atomic E-state index is 13.6. The van der Waals surface area contributed by atoms with E-state index in [0.717, 1.165) is 51.5 Å². The van der Waals surface area contributed by atoms with Gasteiger partial charge in [0, 0.05) is 13.0 Å². The number of hydrogen-bond donors (Lipinski definition) is 2. The predicted octanol–water partition coefficient (Wildman–Crippen LogP) is 1.51. The molecule has 1 aliphatic heterocycles. The second-order valence-corrected chi connectivity index (χ2v) is 7.96. The number of fused-ring (bicyclic) bond motifs is 1. The summed E-state index contributed by atoms with van der Waals surface area (Å²) in [6.07, 6.45) is -2.73. The second kappa shape index (κ2) is 8.70. The van der Waals surface area contributed by atoms with Crippen molar-refractivity contribution in [2.24, 2.45) is 0 Å². The van der Waals surface area contributed by atoms with E-state index < -0.39 is 17.8 Å². The number of halogens is 3. The lowest BCUT2D eigenvalue weighted by atomic mass is 10.2. The number of alkyl halides is 3. The van der Waals surface area contributed by atoms with E-state index in [2.05, 4.69) is 15.4 Å². The van der Waals surface area contributed by atoms with Gasteiger partial charge in [-0.2, -0.15) is 18.3 Å². The molecule has 2 N–H and O–H groups in total. The van der Waals surface area contributed by atoms with Gasteiger partial charge in [-0.25, -0.2) is 9.50 Å². The third kappa shape index (κ3) is 4.47. The normalized spacial score (nSPS) is 15.6. The number of carbonyl (C=O) groups is 1. The van der Waals surface area contributed by atoms with Crippen LogP contribution >= 0.6 is 11.3 Å². The number of hydrogen-bond acceptors (Lipinski definition) is 5. The van der Waals surface area contributed by atoms with Gasteiger partial charge < -0.3 is 15.0 Å². The van der Waals surface area contributed by atoms with Crippen molar-refractivity contribution in [3.05, 3.63) is 41.0 Å². The van der Waals surface area contributed by atoms with Gasteiger partial charge in [-0.1, -0.05) is 6.07 Å². The zero-order chi connectivity index (χ0) is 21.1. The molecule has 1 amide bonds. The van der Waals surface area contributed by atoms with Crippen LogP contribution in [0.1, 0.15) is 22.5 Å². The van der Waals surface area contributed by atoms with Gasteiger partial charge in [0.25, 0.3) is 5.91 Å². The van der Waals surface area contributed by atoms with E-state index in [1.165, 1.54) is 16.2 Å². The maximum atomic E-state index is 13.6. The Labute approximate surface area is 174 Å². The molecule has 0 unspecified atom stereocenters. The quantitative estimate of drug-likeness (QED) is 0.570. The molecule has 30 heavy (non-hydrogen) atoms. The number of amides is 1. The molecule has 1 fully saturated rings. The summed E-state index contributed by atoms with van der Waals surface area (Å²) in [7, 11) is 0. The molecule has 0 bridgehead atoms. The average molecular weight is 440 g/mol. The molecule has 3 aromatic rings. The number of carbonyl (C=O) groups excluding carboxylic acids is 1. The van der Waals surface area contributed by atoms with Crippen LogP contribution in [0, 0.1) is 0 Å². The molecule has 1 aliphatic rings. The SMILES string of the molecule is O=C(NCCC[NH+]1CCOCC1)c1cnn2c(C(F)(F)F)cc(-c3cccs3)nc12. The zero-order valence-electron chi connectivity index (χ0n) is 16.0. The monoisotopic (exact) mass is 440 g/mol. The summed E-state index contributed by atoms with van der Waals surface area (Å²) in [4.78, 5) is 18.9. The standard InChI is InChI=1S/C19H20F3N5O2S/c20-19(21,22)16-11-14(15-3-1-10-30-15)25-17-13(12-24-27(16)17)18(28)23-4-2-5-26-6-8-29-9-7-26/h1,3,10-12H,2,4-9H2,(H,23,28)/p+1. The zero-order valence-corrected chi connectivity index (χ0v) is 16.9. The van der Waals surface area contributed by atoms with Crippen LogP contribution in [0.3, 0.4) is 0 Å². The van der Waals surface area contributed by atoms with Crippen LogP contribution < -0.4 is 10.2 Å². The summed E-state index contributed by atoms with van der Waals surface area (Å²) in [5.41, 5.74) is -0.886. The van der Waals surface area contributed by atoms with Gasteiger partial charge in [-0.3, -0.25) is 4.79 Å². The fourth-order valence-electron chi connectivity index (χ4n) is 3.42. The van der Waals surface area contributed by atoms with Gasteiger partial charge in [0.2, 0.25) is 0 Å². The van der Waals surface area contributed by atoms with Crippen LogP contribution in [0.15, 0.2) is 29.8 Å². The van der Waals surface area contributed by atoms with Gasteiger partial charge in [-0.15, -0.1) is 11.3 Å². The topological polar surface area (TPSA) is 73.0 Å². The molecule has 1 saturated heterocycles.